The molecule has 0 spiro atoms. The minimum Gasteiger partial charge on any atom is -0.480 e. The summed E-state index contributed by atoms with van der Waals surface area (Å²) < 4.78 is 12.1. The summed E-state index contributed by atoms with van der Waals surface area (Å²) in [4.78, 5) is 29.7. The summed E-state index contributed by atoms with van der Waals surface area (Å²) in [6.07, 6.45) is 0.139. The molecule has 0 aromatic heterocycles. The average Bonchev–Trinajstić information content (AvgIpc) is 2.82. The molecule has 1 aliphatic rings. The van der Waals surface area contributed by atoms with Crippen LogP contribution in [0.4, 0.5) is 0 Å². The monoisotopic (exact) mass is 438 g/mol. The Balaban J connectivity index is 1.57. The fourth-order valence-corrected chi connectivity index (χ4v) is 3.86. The number of ether oxygens (including phenoxy) is 2. The van der Waals surface area contributed by atoms with E-state index in [1.54, 1.807) is 9.80 Å². The van der Waals surface area contributed by atoms with Crippen molar-refractivity contribution in [2.75, 3.05) is 26.2 Å². The number of carbonyl (C=O) groups is 2. The Morgan fingerprint density at radius 1 is 0.719 bits per heavy atom. The van der Waals surface area contributed by atoms with Crippen molar-refractivity contribution in [3.8, 4) is 11.5 Å². The van der Waals surface area contributed by atoms with Crippen molar-refractivity contribution in [3.63, 3.8) is 0 Å². The highest BCUT2D eigenvalue weighted by atomic mass is 16.5. The molecule has 6 heteroatoms. The van der Waals surface area contributed by atoms with Crippen LogP contribution in [0.25, 0.3) is 0 Å². The maximum atomic E-state index is 13.1. The van der Waals surface area contributed by atoms with Gasteiger partial charge in [0.2, 0.25) is 0 Å². The van der Waals surface area contributed by atoms with Gasteiger partial charge >= 0.3 is 0 Å². The summed E-state index contributed by atoms with van der Waals surface area (Å²) in [5.74, 6) is 1.43. The molecule has 1 saturated heterocycles. The molecule has 32 heavy (non-hydrogen) atoms. The topological polar surface area (TPSA) is 59.1 Å². The van der Waals surface area contributed by atoms with E-state index in [0.717, 1.165) is 22.6 Å². The van der Waals surface area contributed by atoms with Gasteiger partial charge in [-0.15, -0.1) is 0 Å². The Morgan fingerprint density at radius 3 is 1.38 bits per heavy atom. The third kappa shape index (κ3) is 5.61. The number of amides is 2. The number of hydrogen-bond acceptors (Lipinski definition) is 4. The molecule has 0 bridgehead atoms. The highest BCUT2D eigenvalue weighted by molar-refractivity contribution is 5.83. The van der Waals surface area contributed by atoms with E-state index < -0.39 is 12.2 Å². The second-order valence-electron chi connectivity index (χ2n) is 8.21. The van der Waals surface area contributed by atoms with Crippen molar-refractivity contribution < 1.29 is 19.1 Å². The maximum absolute atomic E-state index is 13.1. The zero-order valence-electron chi connectivity index (χ0n) is 19.5. The van der Waals surface area contributed by atoms with E-state index in [1.807, 2.05) is 76.2 Å². The number of benzene rings is 2. The number of piperazine rings is 1. The van der Waals surface area contributed by atoms with Crippen LogP contribution in [-0.2, 0) is 9.59 Å². The number of nitrogens with zero attached hydrogens (tertiary/aromatic N) is 2. The largest absolute Gasteiger partial charge is 0.480 e. The molecule has 6 nitrogen and oxygen atoms in total. The minimum atomic E-state index is -0.522. The molecule has 2 aromatic carbocycles. The van der Waals surface area contributed by atoms with Crippen LogP contribution in [0.3, 0.4) is 0 Å². The zero-order chi connectivity index (χ0) is 23.1. The van der Waals surface area contributed by atoms with Crippen molar-refractivity contribution >= 4 is 11.8 Å². The minimum absolute atomic E-state index is 0.0222. The number of carbonyl (C=O) groups excluding carboxylic acids is 2. The van der Waals surface area contributed by atoms with Crippen LogP contribution in [0.15, 0.2) is 48.5 Å². The quantitative estimate of drug-likeness (QED) is 0.625. The van der Waals surface area contributed by atoms with Crippen LogP contribution in [0.5, 0.6) is 11.5 Å². The Morgan fingerprint density at radius 2 is 1.06 bits per heavy atom. The lowest BCUT2D eigenvalue weighted by Gasteiger charge is -2.37. The summed E-state index contributed by atoms with van der Waals surface area (Å²) in [6.45, 7) is 9.85. The molecule has 1 aliphatic heterocycles. The first-order valence-electron chi connectivity index (χ1n) is 11.5. The van der Waals surface area contributed by atoms with E-state index in [2.05, 4.69) is 0 Å². The number of aryl methyl sites for hydroxylation is 2. The van der Waals surface area contributed by atoms with E-state index >= 15 is 0 Å². The first-order valence-corrected chi connectivity index (χ1v) is 11.5. The third-order valence-electron chi connectivity index (χ3n) is 5.92. The van der Waals surface area contributed by atoms with Crippen molar-refractivity contribution in [1.29, 1.82) is 0 Å². The lowest BCUT2D eigenvalue weighted by molar-refractivity contribution is -0.147. The van der Waals surface area contributed by atoms with E-state index in [9.17, 15) is 9.59 Å². The average molecular weight is 439 g/mol. The van der Waals surface area contributed by atoms with Gasteiger partial charge in [0.1, 0.15) is 11.5 Å². The van der Waals surface area contributed by atoms with Crippen LogP contribution >= 0.6 is 0 Å². The van der Waals surface area contributed by atoms with Gasteiger partial charge in [0.15, 0.2) is 12.2 Å². The fourth-order valence-electron chi connectivity index (χ4n) is 3.86. The molecule has 2 unspecified atom stereocenters. The molecule has 2 atom stereocenters. The zero-order valence-corrected chi connectivity index (χ0v) is 19.5. The highest BCUT2D eigenvalue weighted by Crippen LogP contribution is 2.22. The predicted octanol–water partition coefficient (Wildman–Crippen LogP) is 3.99. The molecular weight excluding hydrogens is 404 g/mol. The summed E-state index contributed by atoms with van der Waals surface area (Å²) in [6, 6.07) is 15.4. The second-order valence-corrected chi connectivity index (χ2v) is 8.21. The summed E-state index contributed by atoms with van der Waals surface area (Å²) >= 11 is 0. The summed E-state index contributed by atoms with van der Waals surface area (Å²) in [7, 11) is 0. The van der Waals surface area contributed by atoms with Gasteiger partial charge in [-0.3, -0.25) is 9.59 Å². The van der Waals surface area contributed by atoms with Gasteiger partial charge in [-0.2, -0.15) is 0 Å². The highest BCUT2D eigenvalue weighted by Gasteiger charge is 2.32. The summed E-state index contributed by atoms with van der Waals surface area (Å²) in [5, 5.41) is 0. The van der Waals surface area contributed by atoms with Gasteiger partial charge in [0.05, 0.1) is 0 Å². The van der Waals surface area contributed by atoms with Crippen molar-refractivity contribution in [2.24, 2.45) is 0 Å². The van der Waals surface area contributed by atoms with Gasteiger partial charge in [0, 0.05) is 26.2 Å². The Labute approximate surface area is 191 Å². The Bertz CT molecular complexity index is 846. The number of para-hydroxylation sites is 2. The second kappa shape index (κ2) is 11.0. The standard InChI is InChI=1S/C26H34N2O4/c1-5-21(31-23-13-9-7-11-19(23)3)25(29)27-15-17-28(18-16-27)26(30)22(6-2)32-24-14-10-8-12-20(24)4/h7-14,21-22H,5-6,15-18H2,1-4H3. The molecule has 0 N–H and O–H groups in total. The summed E-state index contributed by atoms with van der Waals surface area (Å²) in [5.41, 5.74) is 2.02. The molecule has 0 aliphatic carbocycles. The van der Waals surface area contributed by atoms with Crippen LogP contribution in [0.1, 0.15) is 37.8 Å². The van der Waals surface area contributed by atoms with E-state index in [0.29, 0.717) is 39.0 Å². The van der Waals surface area contributed by atoms with Gasteiger partial charge in [-0.25, -0.2) is 0 Å². The number of hydrogen-bond donors (Lipinski definition) is 0. The van der Waals surface area contributed by atoms with Gasteiger partial charge in [-0.1, -0.05) is 50.2 Å². The Hall–Kier alpha value is -3.02. The lowest BCUT2D eigenvalue weighted by Crippen LogP contribution is -2.55. The molecule has 0 saturated carbocycles. The number of rotatable bonds is 8. The molecule has 0 radical (unpaired) electrons. The van der Waals surface area contributed by atoms with Crippen molar-refractivity contribution in [2.45, 2.75) is 52.7 Å². The van der Waals surface area contributed by atoms with Crippen LogP contribution in [-0.4, -0.2) is 60.0 Å². The van der Waals surface area contributed by atoms with Crippen molar-refractivity contribution in [1.82, 2.24) is 9.80 Å². The SMILES string of the molecule is CCC(Oc1ccccc1C)C(=O)N1CCN(C(=O)C(CC)Oc2ccccc2C)CC1. The lowest BCUT2D eigenvalue weighted by atomic mass is 10.1. The molecule has 2 aromatic rings. The van der Waals surface area contributed by atoms with Crippen LogP contribution in [0, 0.1) is 13.8 Å². The van der Waals surface area contributed by atoms with Crippen LogP contribution in [0.2, 0.25) is 0 Å². The maximum Gasteiger partial charge on any atom is 0.263 e. The van der Waals surface area contributed by atoms with Crippen molar-refractivity contribution in [3.05, 3.63) is 59.7 Å². The molecular formula is C26H34N2O4. The van der Waals surface area contributed by atoms with Gasteiger partial charge in [0.25, 0.3) is 11.8 Å². The molecule has 1 fully saturated rings. The van der Waals surface area contributed by atoms with Gasteiger partial charge < -0.3 is 19.3 Å². The molecule has 2 amide bonds. The molecule has 3 rings (SSSR count). The van der Waals surface area contributed by atoms with Gasteiger partial charge in [-0.05, 0) is 49.9 Å². The smallest absolute Gasteiger partial charge is 0.263 e. The fraction of sp³-hybridized carbons (Fsp3) is 0.462. The first kappa shape index (κ1) is 23.6. The normalized spacial score (nSPS) is 15.8. The third-order valence-corrected chi connectivity index (χ3v) is 5.92. The van der Waals surface area contributed by atoms with E-state index in [4.69, 9.17) is 9.47 Å². The molecule has 1 heterocycles. The van der Waals surface area contributed by atoms with E-state index in [1.165, 1.54) is 0 Å². The first-order chi connectivity index (χ1) is 15.4. The molecule has 172 valence electrons. The predicted molar refractivity (Wildman–Crippen MR) is 125 cm³/mol. The Kier molecular flexibility index (Phi) is 8.14. The van der Waals surface area contributed by atoms with E-state index in [-0.39, 0.29) is 11.8 Å². The van der Waals surface area contributed by atoms with Crippen LogP contribution < -0.4 is 9.47 Å².